The van der Waals surface area contributed by atoms with Crippen LogP contribution in [-0.4, -0.2) is 36.4 Å². The van der Waals surface area contributed by atoms with Gasteiger partial charge in [0.2, 0.25) is 5.91 Å². The molecule has 6 heteroatoms. The molecule has 0 saturated carbocycles. The summed E-state index contributed by atoms with van der Waals surface area (Å²) in [5.41, 5.74) is 2.76. The number of carbonyl (C=O) groups is 2. The average molecular weight is 305 g/mol. The second kappa shape index (κ2) is 7.79. The van der Waals surface area contributed by atoms with E-state index in [9.17, 15) is 9.59 Å². The molecule has 1 fully saturated rings. The van der Waals surface area contributed by atoms with Crippen molar-refractivity contribution in [2.45, 2.75) is 26.2 Å². The maximum atomic E-state index is 12.7. The molecule has 120 valence electrons. The zero-order valence-corrected chi connectivity index (χ0v) is 12.9. The molecule has 1 aliphatic rings. The molecule has 1 aromatic carbocycles. The van der Waals surface area contributed by atoms with E-state index in [1.165, 1.54) is 0 Å². The largest absolute Gasteiger partial charge is 0.493 e. The van der Waals surface area contributed by atoms with Crippen LogP contribution in [0.4, 0.5) is 0 Å². The van der Waals surface area contributed by atoms with Gasteiger partial charge in [0, 0.05) is 19.0 Å². The predicted octanol–water partition coefficient (Wildman–Crippen LogP) is 1.32. The van der Waals surface area contributed by atoms with Gasteiger partial charge in [-0.25, -0.2) is 5.84 Å². The van der Waals surface area contributed by atoms with Crippen molar-refractivity contribution < 1.29 is 14.3 Å². The number of carbonyl (C=O) groups excluding carboxylic acids is 2. The minimum Gasteiger partial charge on any atom is -0.493 e. The second-order valence-electron chi connectivity index (χ2n) is 5.42. The van der Waals surface area contributed by atoms with Gasteiger partial charge in [-0.15, -0.1) is 0 Å². The summed E-state index contributed by atoms with van der Waals surface area (Å²) in [6.45, 7) is 3.72. The molecular weight excluding hydrogens is 282 g/mol. The van der Waals surface area contributed by atoms with Gasteiger partial charge in [0.25, 0.3) is 5.91 Å². The minimum absolute atomic E-state index is 0.0432. The third kappa shape index (κ3) is 3.76. The standard InChI is InChI=1S/C16H23N3O3/c1-2-11-22-14-6-4-3-5-13(14)16(21)19-9-7-12(8-10-19)15(20)18-17/h3-6,12H,2,7-11,17H2,1H3,(H,18,20). The summed E-state index contributed by atoms with van der Waals surface area (Å²) in [5, 5.41) is 0. The highest BCUT2D eigenvalue weighted by molar-refractivity contribution is 5.97. The van der Waals surface area contributed by atoms with Crippen LogP contribution in [-0.2, 0) is 4.79 Å². The van der Waals surface area contributed by atoms with Crippen molar-refractivity contribution in [3.05, 3.63) is 29.8 Å². The lowest BCUT2D eigenvalue weighted by Gasteiger charge is -2.31. The Hall–Kier alpha value is -2.08. The number of benzene rings is 1. The van der Waals surface area contributed by atoms with E-state index < -0.39 is 0 Å². The molecule has 0 aromatic heterocycles. The summed E-state index contributed by atoms with van der Waals surface area (Å²) < 4.78 is 5.65. The van der Waals surface area contributed by atoms with Crippen molar-refractivity contribution >= 4 is 11.8 Å². The monoisotopic (exact) mass is 305 g/mol. The summed E-state index contributed by atoms with van der Waals surface area (Å²) in [6, 6.07) is 7.30. The smallest absolute Gasteiger partial charge is 0.257 e. The van der Waals surface area contributed by atoms with Gasteiger partial charge in [0.1, 0.15) is 5.75 Å². The number of para-hydroxylation sites is 1. The van der Waals surface area contributed by atoms with Gasteiger partial charge in [-0.3, -0.25) is 15.0 Å². The quantitative estimate of drug-likeness (QED) is 0.488. The Labute approximate surface area is 130 Å². The van der Waals surface area contributed by atoms with Crippen LogP contribution in [0.2, 0.25) is 0 Å². The van der Waals surface area contributed by atoms with Gasteiger partial charge < -0.3 is 9.64 Å². The first-order chi connectivity index (χ1) is 10.7. The van der Waals surface area contributed by atoms with Crippen LogP contribution in [0.15, 0.2) is 24.3 Å². The number of amides is 2. The summed E-state index contributed by atoms with van der Waals surface area (Å²) >= 11 is 0. The molecule has 22 heavy (non-hydrogen) atoms. The lowest BCUT2D eigenvalue weighted by molar-refractivity contribution is -0.126. The Balaban J connectivity index is 2.02. The third-order valence-electron chi connectivity index (χ3n) is 3.87. The molecule has 2 rings (SSSR count). The molecule has 1 heterocycles. The van der Waals surface area contributed by atoms with Crippen molar-refractivity contribution in [1.29, 1.82) is 0 Å². The number of hydrogen-bond acceptors (Lipinski definition) is 4. The number of nitrogens with zero attached hydrogens (tertiary/aromatic N) is 1. The van der Waals surface area contributed by atoms with Gasteiger partial charge in [-0.2, -0.15) is 0 Å². The number of hydrazine groups is 1. The zero-order valence-electron chi connectivity index (χ0n) is 12.9. The number of nitrogens with two attached hydrogens (primary N) is 1. The SMILES string of the molecule is CCCOc1ccccc1C(=O)N1CCC(C(=O)NN)CC1. The lowest BCUT2D eigenvalue weighted by Crippen LogP contribution is -2.44. The summed E-state index contributed by atoms with van der Waals surface area (Å²) in [6.07, 6.45) is 2.15. The third-order valence-corrected chi connectivity index (χ3v) is 3.87. The maximum absolute atomic E-state index is 12.7. The zero-order chi connectivity index (χ0) is 15.9. The highest BCUT2D eigenvalue weighted by atomic mass is 16.5. The molecular formula is C16H23N3O3. The van der Waals surface area contributed by atoms with Gasteiger partial charge in [-0.1, -0.05) is 19.1 Å². The van der Waals surface area contributed by atoms with Crippen molar-refractivity contribution in [3.63, 3.8) is 0 Å². The second-order valence-corrected chi connectivity index (χ2v) is 5.42. The molecule has 1 saturated heterocycles. The molecule has 2 amide bonds. The number of piperidine rings is 1. The van der Waals surface area contributed by atoms with E-state index in [2.05, 4.69) is 5.43 Å². The van der Waals surface area contributed by atoms with Crippen LogP contribution in [0.3, 0.4) is 0 Å². The Morgan fingerprint density at radius 1 is 1.32 bits per heavy atom. The normalized spacial score (nSPS) is 15.5. The fourth-order valence-electron chi connectivity index (χ4n) is 2.61. The van der Waals surface area contributed by atoms with E-state index in [0.717, 1.165) is 6.42 Å². The van der Waals surface area contributed by atoms with E-state index >= 15 is 0 Å². The number of hydrogen-bond donors (Lipinski definition) is 2. The Morgan fingerprint density at radius 2 is 2.00 bits per heavy atom. The molecule has 0 spiro atoms. The predicted molar refractivity (Wildman–Crippen MR) is 83.2 cm³/mol. The topological polar surface area (TPSA) is 84.7 Å². The minimum atomic E-state index is -0.154. The van der Waals surface area contributed by atoms with Crippen LogP contribution in [0.1, 0.15) is 36.5 Å². The van der Waals surface area contributed by atoms with Crippen LogP contribution < -0.4 is 16.0 Å². The number of likely N-dealkylation sites (tertiary alicyclic amines) is 1. The fraction of sp³-hybridized carbons (Fsp3) is 0.500. The first kappa shape index (κ1) is 16.3. The summed E-state index contributed by atoms with van der Waals surface area (Å²) in [4.78, 5) is 25.9. The number of ether oxygens (including phenoxy) is 1. The van der Waals surface area contributed by atoms with Gasteiger partial charge >= 0.3 is 0 Å². The number of nitrogens with one attached hydrogen (secondary N) is 1. The first-order valence-corrected chi connectivity index (χ1v) is 7.69. The highest BCUT2D eigenvalue weighted by Crippen LogP contribution is 2.24. The summed E-state index contributed by atoms with van der Waals surface area (Å²) in [5.74, 6) is 5.47. The summed E-state index contributed by atoms with van der Waals surface area (Å²) in [7, 11) is 0. The van der Waals surface area contributed by atoms with Crippen molar-refractivity contribution in [2.75, 3.05) is 19.7 Å². The van der Waals surface area contributed by atoms with Crippen LogP contribution in [0.5, 0.6) is 5.75 Å². The van der Waals surface area contributed by atoms with Crippen molar-refractivity contribution in [1.82, 2.24) is 10.3 Å². The van der Waals surface area contributed by atoms with Crippen LogP contribution in [0, 0.1) is 5.92 Å². The van der Waals surface area contributed by atoms with Gasteiger partial charge in [0.05, 0.1) is 12.2 Å². The lowest BCUT2D eigenvalue weighted by atomic mass is 9.95. The van der Waals surface area contributed by atoms with E-state index in [1.807, 2.05) is 25.1 Å². The van der Waals surface area contributed by atoms with Crippen molar-refractivity contribution in [2.24, 2.45) is 11.8 Å². The average Bonchev–Trinajstić information content (AvgIpc) is 2.59. The van der Waals surface area contributed by atoms with E-state index in [-0.39, 0.29) is 17.7 Å². The van der Waals surface area contributed by atoms with E-state index in [1.54, 1.807) is 11.0 Å². The maximum Gasteiger partial charge on any atom is 0.257 e. The van der Waals surface area contributed by atoms with E-state index in [0.29, 0.717) is 43.9 Å². The van der Waals surface area contributed by atoms with Crippen LogP contribution in [0.25, 0.3) is 0 Å². The Morgan fingerprint density at radius 3 is 2.64 bits per heavy atom. The molecule has 0 unspecified atom stereocenters. The Kier molecular flexibility index (Phi) is 5.77. The highest BCUT2D eigenvalue weighted by Gasteiger charge is 2.28. The van der Waals surface area contributed by atoms with Gasteiger partial charge in [0.15, 0.2) is 0 Å². The molecule has 0 atom stereocenters. The first-order valence-electron chi connectivity index (χ1n) is 7.69. The Bertz CT molecular complexity index is 525. The molecule has 1 aromatic rings. The molecule has 0 radical (unpaired) electrons. The molecule has 0 bridgehead atoms. The van der Waals surface area contributed by atoms with Gasteiger partial charge in [-0.05, 0) is 31.4 Å². The van der Waals surface area contributed by atoms with Crippen molar-refractivity contribution in [3.8, 4) is 5.75 Å². The molecule has 3 N–H and O–H groups in total. The molecule has 6 nitrogen and oxygen atoms in total. The van der Waals surface area contributed by atoms with E-state index in [4.69, 9.17) is 10.6 Å². The molecule has 0 aliphatic carbocycles. The number of rotatable bonds is 5. The molecule has 1 aliphatic heterocycles. The fourth-order valence-corrected chi connectivity index (χ4v) is 2.61. The van der Waals surface area contributed by atoms with Crippen LogP contribution >= 0.6 is 0 Å².